The van der Waals surface area contributed by atoms with E-state index in [1.165, 1.54) is 11.0 Å². The zero-order valence-corrected chi connectivity index (χ0v) is 13.4. The maximum Gasteiger partial charge on any atom is 0.228 e. The molecule has 0 radical (unpaired) electrons. The van der Waals surface area contributed by atoms with Gasteiger partial charge >= 0.3 is 0 Å². The SMILES string of the molecule is O=C(Cc1cccc(Br)c1F)Nc1cccc(-n2cnnn2)c1. The zero-order chi connectivity index (χ0) is 16.2. The summed E-state index contributed by atoms with van der Waals surface area (Å²) in [4.78, 5) is 12.1. The first-order valence-electron chi connectivity index (χ1n) is 6.69. The number of nitrogens with zero attached hydrogens (tertiary/aromatic N) is 4. The molecule has 1 heterocycles. The normalized spacial score (nSPS) is 10.5. The van der Waals surface area contributed by atoms with Crippen LogP contribution >= 0.6 is 15.9 Å². The average molecular weight is 376 g/mol. The van der Waals surface area contributed by atoms with Crippen LogP contribution < -0.4 is 5.32 Å². The fourth-order valence-electron chi connectivity index (χ4n) is 2.07. The van der Waals surface area contributed by atoms with E-state index in [-0.39, 0.29) is 12.3 Å². The molecule has 0 aliphatic carbocycles. The van der Waals surface area contributed by atoms with E-state index in [1.54, 1.807) is 42.5 Å². The molecule has 6 nitrogen and oxygen atoms in total. The molecule has 8 heteroatoms. The van der Waals surface area contributed by atoms with Crippen molar-refractivity contribution in [3.05, 3.63) is 64.6 Å². The molecule has 3 aromatic rings. The molecule has 1 amide bonds. The van der Waals surface area contributed by atoms with E-state index in [1.807, 2.05) is 0 Å². The lowest BCUT2D eigenvalue weighted by atomic mass is 10.1. The van der Waals surface area contributed by atoms with Crippen LogP contribution in [0.4, 0.5) is 10.1 Å². The molecule has 1 N–H and O–H groups in total. The van der Waals surface area contributed by atoms with Crippen molar-refractivity contribution in [3.63, 3.8) is 0 Å². The second-order valence-electron chi connectivity index (χ2n) is 4.74. The lowest BCUT2D eigenvalue weighted by Crippen LogP contribution is -2.15. The van der Waals surface area contributed by atoms with Gasteiger partial charge in [-0.25, -0.2) is 9.07 Å². The summed E-state index contributed by atoms with van der Waals surface area (Å²) < 4.78 is 15.7. The summed E-state index contributed by atoms with van der Waals surface area (Å²) in [7, 11) is 0. The van der Waals surface area contributed by atoms with Crippen molar-refractivity contribution in [1.82, 2.24) is 20.2 Å². The molecular formula is C15H11BrFN5O. The fourth-order valence-corrected chi connectivity index (χ4v) is 2.48. The molecule has 23 heavy (non-hydrogen) atoms. The van der Waals surface area contributed by atoms with Gasteiger partial charge in [-0.2, -0.15) is 0 Å². The molecule has 3 rings (SSSR count). The molecule has 0 spiro atoms. The summed E-state index contributed by atoms with van der Waals surface area (Å²) in [5.74, 6) is -0.735. The standard InChI is InChI=1S/C15H11BrFN5O/c16-13-6-1-3-10(15(13)17)7-14(23)19-11-4-2-5-12(8-11)22-9-18-20-21-22/h1-6,8-9H,7H2,(H,19,23). The van der Waals surface area contributed by atoms with Crippen LogP contribution in [-0.2, 0) is 11.2 Å². The predicted octanol–water partition coefficient (Wildman–Crippen LogP) is 2.75. The van der Waals surface area contributed by atoms with E-state index in [4.69, 9.17) is 0 Å². The maximum atomic E-state index is 13.9. The number of hydrogen-bond donors (Lipinski definition) is 1. The minimum Gasteiger partial charge on any atom is -0.326 e. The van der Waals surface area contributed by atoms with Gasteiger partial charge in [-0.1, -0.05) is 18.2 Å². The second-order valence-corrected chi connectivity index (χ2v) is 5.60. The van der Waals surface area contributed by atoms with E-state index >= 15 is 0 Å². The molecule has 2 aromatic carbocycles. The van der Waals surface area contributed by atoms with E-state index in [2.05, 4.69) is 36.8 Å². The molecule has 0 aliphatic rings. The van der Waals surface area contributed by atoms with E-state index in [9.17, 15) is 9.18 Å². The van der Waals surface area contributed by atoms with Crippen molar-refractivity contribution in [2.75, 3.05) is 5.32 Å². The third kappa shape index (κ3) is 3.59. The van der Waals surface area contributed by atoms with Gasteiger partial charge in [-0.15, -0.1) is 5.10 Å². The van der Waals surface area contributed by atoms with Gasteiger partial charge in [-0.3, -0.25) is 4.79 Å². The smallest absolute Gasteiger partial charge is 0.228 e. The maximum absolute atomic E-state index is 13.9. The van der Waals surface area contributed by atoms with Crippen LogP contribution in [0.15, 0.2) is 53.3 Å². The fraction of sp³-hybridized carbons (Fsp3) is 0.0667. The van der Waals surface area contributed by atoms with Crippen molar-refractivity contribution in [2.45, 2.75) is 6.42 Å². The molecular weight excluding hydrogens is 365 g/mol. The highest BCUT2D eigenvalue weighted by molar-refractivity contribution is 9.10. The van der Waals surface area contributed by atoms with E-state index in [0.29, 0.717) is 21.4 Å². The number of carbonyl (C=O) groups is 1. The van der Waals surface area contributed by atoms with Crippen molar-refractivity contribution in [3.8, 4) is 5.69 Å². The number of amides is 1. The van der Waals surface area contributed by atoms with Crippen LogP contribution in [-0.4, -0.2) is 26.1 Å². The topological polar surface area (TPSA) is 72.7 Å². The lowest BCUT2D eigenvalue weighted by Gasteiger charge is -2.08. The van der Waals surface area contributed by atoms with Crippen molar-refractivity contribution < 1.29 is 9.18 Å². The van der Waals surface area contributed by atoms with Gasteiger partial charge in [0.25, 0.3) is 0 Å². The Kier molecular flexibility index (Phi) is 4.42. The van der Waals surface area contributed by atoms with Crippen LogP contribution in [0.5, 0.6) is 0 Å². The van der Waals surface area contributed by atoms with Crippen LogP contribution in [0.2, 0.25) is 0 Å². The Morgan fingerprint density at radius 1 is 1.26 bits per heavy atom. The number of tetrazole rings is 1. The van der Waals surface area contributed by atoms with Crippen LogP contribution in [0.25, 0.3) is 5.69 Å². The number of halogens is 2. The molecule has 0 bridgehead atoms. The van der Waals surface area contributed by atoms with Crippen molar-refractivity contribution in [2.24, 2.45) is 0 Å². The first kappa shape index (κ1) is 15.3. The Morgan fingerprint density at radius 3 is 2.87 bits per heavy atom. The van der Waals surface area contributed by atoms with Gasteiger partial charge in [-0.05, 0) is 56.2 Å². The summed E-state index contributed by atoms with van der Waals surface area (Å²) in [6, 6.07) is 11.9. The molecule has 116 valence electrons. The Bertz CT molecular complexity index is 838. The predicted molar refractivity (Wildman–Crippen MR) is 85.6 cm³/mol. The summed E-state index contributed by atoms with van der Waals surface area (Å²) in [5, 5.41) is 13.6. The largest absolute Gasteiger partial charge is 0.326 e. The highest BCUT2D eigenvalue weighted by Gasteiger charge is 2.11. The Balaban J connectivity index is 1.73. The lowest BCUT2D eigenvalue weighted by molar-refractivity contribution is -0.115. The van der Waals surface area contributed by atoms with Crippen LogP contribution in [0, 0.1) is 5.82 Å². The van der Waals surface area contributed by atoms with Gasteiger partial charge < -0.3 is 5.32 Å². The Hall–Kier alpha value is -2.61. The summed E-state index contributed by atoms with van der Waals surface area (Å²) in [6.07, 6.45) is 1.40. The first-order valence-corrected chi connectivity index (χ1v) is 7.49. The number of aromatic nitrogens is 4. The highest BCUT2D eigenvalue weighted by atomic mass is 79.9. The molecule has 0 fully saturated rings. The third-order valence-electron chi connectivity index (χ3n) is 3.13. The van der Waals surface area contributed by atoms with Crippen molar-refractivity contribution >= 4 is 27.5 Å². The minimum absolute atomic E-state index is 0.0552. The summed E-state index contributed by atoms with van der Waals surface area (Å²) >= 11 is 3.11. The number of hydrogen-bond acceptors (Lipinski definition) is 4. The second kappa shape index (κ2) is 6.66. The van der Waals surface area contributed by atoms with Gasteiger partial charge in [0.15, 0.2) is 0 Å². The monoisotopic (exact) mass is 375 g/mol. The molecule has 0 unspecified atom stereocenters. The number of anilines is 1. The summed E-state index contributed by atoms with van der Waals surface area (Å²) in [6.45, 7) is 0. The zero-order valence-electron chi connectivity index (χ0n) is 11.8. The van der Waals surface area contributed by atoms with Crippen LogP contribution in [0.1, 0.15) is 5.56 Å². The van der Waals surface area contributed by atoms with E-state index < -0.39 is 5.82 Å². The molecule has 0 saturated carbocycles. The Labute approximate surface area is 139 Å². The minimum atomic E-state index is -0.426. The van der Waals surface area contributed by atoms with Crippen LogP contribution in [0.3, 0.4) is 0 Å². The quantitative estimate of drug-likeness (QED) is 0.760. The third-order valence-corrected chi connectivity index (χ3v) is 3.74. The van der Waals surface area contributed by atoms with Gasteiger partial charge in [0.1, 0.15) is 12.1 Å². The number of benzene rings is 2. The molecule has 1 aromatic heterocycles. The molecule has 0 atom stereocenters. The van der Waals surface area contributed by atoms with Gasteiger partial charge in [0.2, 0.25) is 5.91 Å². The van der Waals surface area contributed by atoms with Crippen molar-refractivity contribution in [1.29, 1.82) is 0 Å². The molecule has 0 saturated heterocycles. The summed E-state index contributed by atoms with van der Waals surface area (Å²) in [5.41, 5.74) is 1.62. The van der Waals surface area contributed by atoms with E-state index in [0.717, 1.165) is 0 Å². The first-order chi connectivity index (χ1) is 11.1. The molecule has 0 aliphatic heterocycles. The number of nitrogens with one attached hydrogen (secondary N) is 1. The Morgan fingerprint density at radius 2 is 2.09 bits per heavy atom. The van der Waals surface area contributed by atoms with Gasteiger partial charge in [0.05, 0.1) is 16.6 Å². The highest BCUT2D eigenvalue weighted by Crippen LogP contribution is 2.20. The van der Waals surface area contributed by atoms with Gasteiger partial charge in [0, 0.05) is 5.69 Å². The number of carbonyl (C=O) groups excluding carboxylic acids is 1. The average Bonchev–Trinajstić information content (AvgIpc) is 3.06. The number of rotatable bonds is 4.